The van der Waals surface area contributed by atoms with E-state index in [4.69, 9.17) is 0 Å². The molecule has 1 unspecified atom stereocenters. The van der Waals surface area contributed by atoms with Crippen molar-refractivity contribution in [3.63, 3.8) is 0 Å². The van der Waals surface area contributed by atoms with E-state index in [1.165, 1.54) is 0 Å². The van der Waals surface area contributed by atoms with Crippen LogP contribution in [-0.4, -0.2) is 12.7 Å². The Labute approximate surface area is 74.1 Å². The molecule has 0 aliphatic rings. The Morgan fingerprint density at radius 3 is 2.00 bits per heavy atom. The van der Waals surface area contributed by atoms with E-state index in [9.17, 15) is 8.78 Å². The Morgan fingerprint density at radius 1 is 1.33 bits per heavy atom. The van der Waals surface area contributed by atoms with Gasteiger partial charge in [-0.15, -0.1) is 0 Å². The van der Waals surface area contributed by atoms with E-state index in [0.717, 1.165) is 13.3 Å². The van der Waals surface area contributed by atoms with Crippen LogP contribution in [0.1, 0.15) is 41.0 Å². The first-order chi connectivity index (χ1) is 5.45. The van der Waals surface area contributed by atoms with Gasteiger partial charge in [0.25, 0.3) is 0 Å². The van der Waals surface area contributed by atoms with Crippen LogP contribution in [0, 0.1) is 5.92 Å². The van der Waals surface area contributed by atoms with Gasteiger partial charge in [-0.05, 0) is 5.92 Å². The van der Waals surface area contributed by atoms with Gasteiger partial charge in [0.05, 0.1) is 6.61 Å². The van der Waals surface area contributed by atoms with E-state index < -0.39 is 6.11 Å². The first-order valence-electron chi connectivity index (χ1n) is 4.47. The number of halogens is 2. The molecule has 0 aromatic heterocycles. The summed E-state index contributed by atoms with van der Waals surface area (Å²) in [5.41, 5.74) is 0. The molecule has 1 nitrogen and oxygen atoms in total. The number of hydrogen-bond donors (Lipinski definition) is 0. The third-order valence-corrected chi connectivity index (χ3v) is 1.32. The smallest absolute Gasteiger partial charge is 0.320 e. The predicted octanol–water partition coefficient (Wildman–Crippen LogP) is 3.69. The first-order valence-corrected chi connectivity index (χ1v) is 4.47. The molecule has 0 amide bonds. The molecule has 76 valence electrons. The van der Waals surface area contributed by atoms with Gasteiger partial charge in [0.2, 0.25) is 0 Å². The molecular weight excluding hydrogens is 162 g/mol. The highest BCUT2D eigenvalue weighted by Crippen LogP contribution is 2.15. The molecule has 0 radical (unpaired) electrons. The van der Waals surface area contributed by atoms with Gasteiger partial charge < -0.3 is 4.74 Å². The highest BCUT2D eigenvalue weighted by Gasteiger charge is 2.21. The van der Waals surface area contributed by atoms with Gasteiger partial charge in [0.15, 0.2) is 0 Å². The third-order valence-electron chi connectivity index (χ3n) is 1.32. The number of rotatable bonds is 4. The number of alkyl halides is 2. The third kappa shape index (κ3) is 12.5. The van der Waals surface area contributed by atoms with Gasteiger partial charge in [0, 0.05) is 6.92 Å². The maximum absolute atomic E-state index is 12.0. The summed E-state index contributed by atoms with van der Waals surface area (Å²) in [7, 11) is 0. The van der Waals surface area contributed by atoms with Crippen LogP contribution >= 0.6 is 0 Å². The Kier molecular flexibility index (Phi) is 8.93. The summed E-state index contributed by atoms with van der Waals surface area (Å²) in [6, 6.07) is 0. The van der Waals surface area contributed by atoms with Gasteiger partial charge >= 0.3 is 6.11 Å². The second-order valence-corrected chi connectivity index (χ2v) is 2.63. The largest absolute Gasteiger partial charge is 0.352 e. The van der Waals surface area contributed by atoms with Crippen molar-refractivity contribution in [2.45, 2.75) is 47.1 Å². The average Bonchev–Trinajstić information content (AvgIpc) is 2.03. The summed E-state index contributed by atoms with van der Waals surface area (Å²) >= 11 is 0. The fourth-order valence-corrected chi connectivity index (χ4v) is 0.406. The first kappa shape index (κ1) is 14.3. The van der Waals surface area contributed by atoms with Gasteiger partial charge in [-0.25, -0.2) is 0 Å². The molecule has 0 bridgehead atoms. The lowest BCUT2D eigenvalue weighted by Crippen LogP contribution is -2.19. The van der Waals surface area contributed by atoms with E-state index >= 15 is 0 Å². The molecule has 0 rings (SSSR count). The fourth-order valence-electron chi connectivity index (χ4n) is 0.406. The van der Waals surface area contributed by atoms with Crippen LogP contribution in [0.5, 0.6) is 0 Å². The number of hydrogen-bond acceptors (Lipinski definition) is 1. The molecule has 0 saturated heterocycles. The van der Waals surface area contributed by atoms with E-state index in [1.807, 2.05) is 27.7 Å². The zero-order valence-electron chi connectivity index (χ0n) is 8.66. The van der Waals surface area contributed by atoms with Crippen molar-refractivity contribution in [3.05, 3.63) is 0 Å². The van der Waals surface area contributed by atoms with Crippen molar-refractivity contribution >= 4 is 0 Å². The van der Waals surface area contributed by atoms with E-state index in [2.05, 4.69) is 4.74 Å². The predicted molar refractivity (Wildman–Crippen MR) is 47.4 cm³/mol. The lowest BCUT2D eigenvalue weighted by Gasteiger charge is -2.14. The van der Waals surface area contributed by atoms with Crippen molar-refractivity contribution in [1.82, 2.24) is 0 Å². The van der Waals surface area contributed by atoms with Crippen molar-refractivity contribution in [1.29, 1.82) is 0 Å². The minimum absolute atomic E-state index is 0.139. The van der Waals surface area contributed by atoms with Crippen LogP contribution in [-0.2, 0) is 4.74 Å². The Bertz CT molecular complexity index is 89.0. The molecule has 0 aromatic rings. The summed E-state index contributed by atoms with van der Waals surface area (Å²) in [6.07, 6.45) is -2.10. The second kappa shape index (κ2) is 7.47. The van der Waals surface area contributed by atoms with Crippen molar-refractivity contribution < 1.29 is 13.5 Å². The standard InChI is InChI=1S/C7H14F2O.C2H6/c1-4-6(2)5-10-7(3,8)9;1-2/h6H,4-5H2,1-3H3;1-2H3. The fraction of sp³-hybridized carbons (Fsp3) is 1.00. The average molecular weight is 182 g/mol. The zero-order valence-corrected chi connectivity index (χ0v) is 8.66. The molecular formula is C9H20F2O. The van der Waals surface area contributed by atoms with Gasteiger partial charge in [-0.1, -0.05) is 34.1 Å². The quantitative estimate of drug-likeness (QED) is 0.644. The minimum Gasteiger partial charge on any atom is -0.320 e. The molecule has 0 fully saturated rings. The van der Waals surface area contributed by atoms with E-state index in [-0.39, 0.29) is 12.5 Å². The molecule has 0 spiro atoms. The van der Waals surface area contributed by atoms with Crippen LogP contribution in [0.3, 0.4) is 0 Å². The minimum atomic E-state index is -2.97. The normalized spacial score (nSPS) is 13.2. The van der Waals surface area contributed by atoms with Crippen LogP contribution in [0.2, 0.25) is 0 Å². The van der Waals surface area contributed by atoms with Crippen LogP contribution in [0.4, 0.5) is 8.78 Å². The molecule has 0 aromatic carbocycles. The summed E-state index contributed by atoms with van der Waals surface area (Å²) in [5.74, 6) is 0.214. The molecule has 3 heteroatoms. The Morgan fingerprint density at radius 2 is 1.75 bits per heavy atom. The Hall–Kier alpha value is -0.180. The van der Waals surface area contributed by atoms with Crippen molar-refractivity contribution in [2.24, 2.45) is 5.92 Å². The van der Waals surface area contributed by atoms with E-state index in [0.29, 0.717) is 0 Å². The molecule has 0 heterocycles. The topological polar surface area (TPSA) is 9.23 Å². The van der Waals surface area contributed by atoms with Crippen molar-refractivity contribution in [2.75, 3.05) is 6.61 Å². The van der Waals surface area contributed by atoms with Gasteiger partial charge in [-0.2, -0.15) is 8.78 Å². The van der Waals surface area contributed by atoms with Crippen LogP contribution in [0.15, 0.2) is 0 Å². The monoisotopic (exact) mass is 182 g/mol. The summed E-state index contributed by atoms with van der Waals surface area (Å²) in [4.78, 5) is 0. The SMILES string of the molecule is CC.CCC(C)COC(C)(F)F. The van der Waals surface area contributed by atoms with Crippen LogP contribution < -0.4 is 0 Å². The maximum atomic E-state index is 12.0. The lowest BCUT2D eigenvalue weighted by atomic mass is 10.1. The summed E-state index contributed by atoms with van der Waals surface area (Å²) in [5, 5.41) is 0. The highest BCUT2D eigenvalue weighted by molar-refractivity contribution is 4.48. The van der Waals surface area contributed by atoms with Gasteiger partial charge in [0.1, 0.15) is 0 Å². The maximum Gasteiger partial charge on any atom is 0.352 e. The Balaban J connectivity index is 0. The second-order valence-electron chi connectivity index (χ2n) is 2.63. The highest BCUT2D eigenvalue weighted by atomic mass is 19.3. The molecule has 12 heavy (non-hydrogen) atoms. The number of ether oxygens (including phenoxy) is 1. The lowest BCUT2D eigenvalue weighted by molar-refractivity contribution is -0.229. The molecule has 0 N–H and O–H groups in total. The van der Waals surface area contributed by atoms with Crippen molar-refractivity contribution in [3.8, 4) is 0 Å². The summed E-state index contributed by atoms with van der Waals surface area (Å²) in [6.45, 7) is 8.73. The zero-order chi connectivity index (χ0) is 10.2. The molecule has 1 atom stereocenters. The molecule has 0 saturated carbocycles. The molecule has 0 aliphatic heterocycles. The summed E-state index contributed by atoms with van der Waals surface area (Å²) < 4.78 is 28.2. The molecule has 0 aliphatic carbocycles. The van der Waals surface area contributed by atoms with Crippen LogP contribution in [0.25, 0.3) is 0 Å². The van der Waals surface area contributed by atoms with Gasteiger partial charge in [-0.3, -0.25) is 0 Å². The van der Waals surface area contributed by atoms with E-state index in [1.54, 1.807) is 0 Å².